The third kappa shape index (κ3) is 4.42. The number of hydrogen-bond donors (Lipinski definition) is 1. The van der Waals surface area contributed by atoms with Gasteiger partial charge in [-0.3, -0.25) is 4.79 Å². The highest BCUT2D eigenvalue weighted by Crippen LogP contribution is 2.38. The molecule has 0 aliphatic carbocycles. The van der Waals surface area contributed by atoms with Gasteiger partial charge < -0.3 is 14.8 Å². The summed E-state index contributed by atoms with van der Waals surface area (Å²) in [5.74, 6) is 0.998. The minimum Gasteiger partial charge on any atom is -0.490 e. The molecule has 7 heteroatoms. The van der Waals surface area contributed by atoms with Crippen molar-refractivity contribution < 1.29 is 27.4 Å². The summed E-state index contributed by atoms with van der Waals surface area (Å²) in [5, 5.41) is 2.86. The summed E-state index contributed by atoms with van der Waals surface area (Å²) in [5.41, 5.74) is 0.0707. The molecule has 0 aromatic heterocycles. The molecule has 2 atom stereocenters. The van der Waals surface area contributed by atoms with E-state index in [0.717, 1.165) is 17.7 Å². The van der Waals surface area contributed by atoms with Gasteiger partial charge in [0.05, 0.1) is 17.7 Å². The van der Waals surface area contributed by atoms with Crippen LogP contribution in [-0.2, 0) is 11.0 Å². The number of ether oxygens (including phenoxy) is 2. The van der Waals surface area contributed by atoms with E-state index in [1.54, 1.807) is 18.2 Å². The third-order valence-corrected chi connectivity index (χ3v) is 4.18. The van der Waals surface area contributed by atoms with Gasteiger partial charge in [0.1, 0.15) is 17.2 Å². The highest BCUT2D eigenvalue weighted by Gasteiger charge is 2.30. The van der Waals surface area contributed by atoms with Gasteiger partial charge in [-0.1, -0.05) is 6.58 Å². The fourth-order valence-electron chi connectivity index (χ4n) is 2.91. The van der Waals surface area contributed by atoms with E-state index >= 15 is 0 Å². The summed E-state index contributed by atoms with van der Waals surface area (Å²) in [6.45, 7) is 5.34. The highest BCUT2D eigenvalue weighted by molar-refractivity contribution is 5.87. The SMILES string of the molecule is C=CC(=O)N[C@H]1C[C@H](C)Oc2cc(Oc3ccc(C(F)(F)F)cc3)ccc21. The van der Waals surface area contributed by atoms with Crippen LogP contribution in [0, 0.1) is 0 Å². The molecule has 2 aromatic carbocycles. The highest BCUT2D eigenvalue weighted by atomic mass is 19.4. The molecule has 0 radical (unpaired) electrons. The Hall–Kier alpha value is -2.96. The van der Waals surface area contributed by atoms with E-state index in [1.165, 1.54) is 18.2 Å². The van der Waals surface area contributed by atoms with Crippen LogP contribution in [-0.4, -0.2) is 12.0 Å². The number of nitrogens with one attached hydrogen (secondary N) is 1. The second-order valence-electron chi connectivity index (χ2n) is 6.25. The van der Waals surface area contributed by atoms with Crippen molar-refractivity contribution in [2.24, 2.45) is 0 Å². The van der Waals surface area contributed by atoms with Gasteiger partial charge in [0.2, 0.25) is 5.91 Å². The summed E-state index contributed by atoms with van der Waals surface area (Å²) < 4.78 is 49.3. The molecule has 0 bridgehead atoms. The zero-order chi connectivity index (χ0) is 19.6. The number of rotatable bonds is 4. The molecular formula is C20H18F3NO3. The van der Waals surface area contributed by atoms with E-state index in [2.05, 4.69) is 11.9 Å². The Bertz CT molecular complexity index is 847. The normalized spacial score (nSPS) is 18.8. The number of amides is 1. The maximum absolute atomic E-state index is 12.6. The first-order chi connectivity index (χ1) is 12.8. The van der Waals surface area contributed by atoms with Crippen molar-refractivity contribution in [3.63, 3.8) is 0 Å². The van der Waals surface area contributed by atoms with Crippen LogP contribution in [0.3, 0.4) is 0 Å². The largest absolute Gasteiger partial charge is 0.490 e. The van der Waals surface area contributed by atoms with E-state index in [9.17, 15) is 18.0 Å². The van der Waals surface area contributed by atoms with Crippen molar-refractivity contribution in [1.29, 1.82) is 0 Å². The van der Waals surface area contributed by atoms with Crippen LogP contribution in [0.1, 0.15) is 30.5 Å². The number of carbonyl (C=O) groups excluding carboxylic acids is 1. The van der Waals surface area contributed by atoms with Crippen molar-refractivity contribution in [2.45, 2.75) is 31.7 Å². The summed E-state index contributed by atoms with van der Waals surface area (Å²) in [4.78, 5) is 11.6. The molecule has 27 heavy (non-hydrogen) atoms. The van der Waals surface area contributed by atoms with Crippen LogP contribution in [0.4, 0.5) is 13.2 Å². The average molecular weight is 377 g/mol. The second kappa shape index (κ2) is 7.34. The zero-order valence-corrected chi connectivity index (χ0v) is 14.5. The number of benzene rings is 2. The molecule has 2 aromatic rings. The molecule has 0 unspecified atom stereocenters. The number of halogens is 3. The molecule has 3 rings (SSSR count). The first-order valence-electron chi connectivity index (χ1n) is 8.35. The van der Waals surface area contributed by atoms with Gasteiger partial charge in [0.25, 0.3) is 0 Å². The van der Waals surface area contributed by atoms with E-state index < -0.39 is 11.7 Å². The Kier molecular flexibility index (Phi) is 5.12. The van der Waals surface area contributed by atoms with Crippen molar-refractivity contribution in [3.05, 3.63) is 66.2 Å². The Morgan fingerprint density at radius 1 is 1.22 bits per heavy atom. The molecule has 0 fully saturated rings. The van der Waals surface area contributed by atoms with E-state index in [1.807, 2.05) is 6.92 Å². The molecule has 1 aliphatic rings. The summed E-state index contributed by atoms with van der Waals surface area (Å²) >= 11 is 0. The van der Waals surface area contributed by atoms with Crippen LogP contribution < -0.4 is 14.8 Å². The topological polar surface area (TPSA) is 47.6 Å². The molecule has 0 saturated carbocycles. The van der Waals surface area contributed by atoms with Gasteiger partial charge in [0, 0.05) is 18.1 Å². The Morgan fingerprint density at radius 3 is 2.52 bits per heavy atom. The molecule has 1 aliphatic heterocycles. The van der Waals surface area contributed by atoms with Crippen molar-refractivity contribution >= 4 is 5.91 Å². The Balaban J connectivity index is 1.80. The second-order valence-corrected chi connectivity index (χ2v) is 6.25. The summed E-state index contributed by atoms with van der Waals surface area (Å²) in [6.07, 6.45) is -2.68. The minimum absolute atomic E-state index is 0.117. The van der Waals surface area contributed by atoms with Crippen molar-refractivity contribution in [1.82, 2.24) is 5.32 Å². The third-order valence-electron chi connectivity index (χ3n) is 4.18. The maximum Gasteiger partial charge on any atom is 0.416 e. The van der Waals surface area contributed by atoms with Gasteiger partial charge in [0.15, 0.2) is 0 Å². The maximum atomic E-state index is 12.6. The van der Waals surface area contributed by atoms with Gasteiger partial charge in [-0.05, 0) is 49.4 Å². The Labute approximate surface area is 154 Å². The summed E-state index contributed by atoms with van der Waals surface area (Å²) in [7, 11) is 0. The van der Waals surface area contributed by atoms with Crippen LogP contribution >= 0.6 is 0 Å². The van der Waals surface area contributed by atoms with Gasteiger partial charge in [-0.15, -0.1) is 0 Å². The molecule has 1 N–H and O–H groups in total. The number of fused-ring (bicyclic) bond motifs is 1. The first-order valence-corrected chi connectivity index (χ1v) is 8.35. The molecular weight excluding hydrogens is 359 g/mol. The van der Waals surface area contributed by atoms with Gasteiger partial charge in [-0.2, -0.15) is 13.2 Å². The predicted octanol–water partition coefficient (Wildman–Crippen LogP) is 5.01. The number of hydrogen-bond acceptors (Lipinski definition) is 3. The molecule has 1 amide bonds. The molecule has 142 valence electrons. The lowest BCUT2D eigenvalue weighted by Gasteiger charge is -2.31. The summed E-state index contributed by atoms with van der Waals surface area (Å²) in [6, 6.07) is 9.36. The molecule has 1 heterocycles. The van der Waals surface area contributed by atoms with Crippen LogP contribution in [0.5, 0.6) is 17.2 Å². The predicted molar refractivity (Wildman–Crippen MR) is 93.7 cm³/mol. The number of carbonyl (C=O) groups is 1. The fraction of sp³-hybridized carbons (Fsp3) is 0.250. The lowest BCUT2D eigenvalue weighted by atomic mass is 9.97. The molecule has 4 nitrogen and oxygen atoms in total. The van der Waals surface area contributed by atoms with Crippen LogP contribution in [0.15, 0.2) is 55.1 Å². The first kappa shape index (κ1) is 18.8. The lowest BCUT2D eigenvalue weighted by Crippen LogP contribution is -2.34. The minimum atomic E-state index is -4.39. The van der Waals surface area contributed by atoms with E-state index in [4.69, 9.17) is 9.47 Å². The average Bonchev–Trinajstić information content (AvgIpc) is 2.61. The number of alkyl halides is 3. The zero-order valence-electron chi connectivity index (χ0n) is 14.5. The van der Waals surface area contributed by atoms with Gasteiger partial charge in [-0.25, -0.2) is 0 Å². The monoisotopic (exact) mass is 377 g/mol. The fourth-order valence-corrected chi connectivity index (χ4v) is 2.91. The van der Waals surface area contributed by atoms with Crippen LogP contribution in [0.2, 0.25) is 0 Å². The van der Waals surface area contributed by atoms with E-state index in [-0.39, 0.29) is 23.8 Å². The standard InChI is InChI=1S/C20H18F3NO3/c1-3-19(25)24-17-10-12(2)26-18-11-15(8-9-16(17)18)27-14-6-4-13(5-7-14)20(21,22)23/h3-9,11-12,17H,1,10H2,2H3,(H,24,25)/t12-,17-/m0/s1. The quantitative estimate of drug-likeness (QED) is 0.762. The van der Waals surface area contributed by atoms with Crippen LogP contribution in [0.25, 0.3) is 0 Å². The van der Waals surface area contributed by atoms with Crippen molar-refractivity contribution in [2.75, 3.05) is 0 Å². The Morgan fingerprint density at radius 2 is 1.89 bits per heavy atom. The van der Waals surface area contributed by atoms with Crippen molar-refractivity contribution in [3.8, 4) is 17.2 Å². The molecule has 0 spiro atoms. The lowest BCUT2D eigenvalue weighted by molar-refractivity contribution is -0.137. The smallest absolute Gasteiger partial charge is 0.416 e. The van der Waals surface area contributed by atoms with Gasteiger partial charge >= 0.3 is 6.18 Å². The molecule has 0 saturated heterocycles. The van der Waals surface area contributed by atoms with E-state index in [0.29, 0.717) is 17.9 Å².